The lowest BCUT2D eigenvalue weighted by molar-refractivity contribution is -0.930. The fraction of sp³-hybridized carbons (Fsp3) is 0.483. The summed E-state index contributed by atoms with van der Waals surface area (Å²) in [5, 5.41) is 0. The van der Waals surface area contributed by atoms with E-state index in [9.17, 15) is 4.79 Å². The van der Waals surface area contributed by atoms with Gasteiger partial charge >= 0.3 is 5.97 Å². The molecule has 0 bridgehead atoms. The van der Waals surface area contributed by atoms with Crippen LogP contribution in [-0.4, -0.2) is 18.6 Å². The van der Waals surface area contributed by atoms with Gasteiger partial charge in [0.2, 0.25) is 0 Å². The SMILES string of the molecule is C[C@H]1CCC[C@]2(C)C[C@H]3OC(=O)[C@H](C[NH+](Cc4ccccc4)Cc4ccccc4)[C@H]3C=C12. The minimum Gasteiger partial charge on any atom is -0.461 e. The lowest BCUT2D eigenvalue weighted by Crippen LogP contribution is -3.10. The van der Waals surface area contributed by atoms with Crippen LogP contribution in [-0.2, 0) is 22.6 Å². The van der Waals surface area contributed by atoms with Crippen LogP contribution in [0.25, 0.3) is 0 Å². The van der Waals surface area contributed by atoms with Gasteiger partial charge in [-0.3, -0.25) is 4.79 Å². The maximum atomic E-state index is 13.1. The summed E-state index contributed by atoms with van der Waals surface area (Å²) in [4.78, 5) is 14.5. The summed E-state index contributed by atoms with van der Waals surface area (Å²) in [5.41, 5.74) is 4.45. The smallest absolute Gasteiger partial charge is 0.315 e. The van der Waals surface area contributed by atoms with Gasteiger partial charge in [-0.05, 0) is 30.6 Å². The molecular weight excluding hydrogens is 394 g/mol. The van der Waals surface area contributed by atoms with E-state index in [0.717, 1.165) is 26.1 Å². The Morgan fingerprint density at radius 3 is 2.25 bits per heavy atom. The number of quaternary nitrogens is 1. The Bertz CT molecular complexity index is 928. The van der Waals surface area contributed by atoms with Crippen LogP contribution < -0.4 is 4.90 Å². The minimum absolute atomic E-state index is 0.0189. The van der Waals surface area contributed by atoms with E-state index in [2.05, 4.69) is 80.6 Å². The number of benzene rings is 2. The first-order valence-corrected chi connectivity index (χ1v) is 12.4. The molecule has 3 heteroatoms. The highest BCUT2D eigenvalue weighted by molar-refractivity contribution is 5.76. The van der Waals surface area contributed by atoms with Gasteiger partial charge in [0.25, 0.3) is 0 Å². The van der Waals surface area contributed by atoms with Crippen molar-refractivity contribution in [3.05, 3.63) is 83.4 Å². The molecule has 5 rings (SSSR count). The van der Waals surface area contributed by atoms with Gasteiger partial charge in [-0.15, -0.1) is 0 Å². The molecule has 5 atom stereocenters. The van der Waals surface area contributed by atoms with Crippen molar-refractivity contribution in [2.45, 2.75) is 58.7 Å². The topological polar surface area (TPSA) is 30.7 Å². The molecular formula is C29H36NO2+. The van der Waals surface area contributed by atoms with Crippen molar-refractivity contribution < 1.29 is 14.4 Å². The first-order valence-electron chi connectivity index (χ1n) is 12.4. The zero-order valence-electron chi connectivity index (χ0n) is 19.4. The number of carbonyl (C=O) groups excluding carboxylic acids is 1. The molecule has 0 unspecified atom stereocenters. The van der Waals surface area contributed by atoms with E-state index < -0.39 is 0 Å². The van der Waals surface area contributed by atoms with Crippen LogP contribution in [0.2, 0.25) is 0 Å². The molecule has 2 aromatic rings. The summed E-state index contributed by atoms with van der Waals surface area (Å²) in [7, 11) is 0. The van der Waals surface area contributed by atoms with Crippen molar-refractivity contribution in [3.8, 4) is 0 Å². The van der Waals surface area contributed by atoms with Crippen LogP contribution in [0.1, 0.15) is 50.7 Å². The Hall–Kier alpha value is -2.39. The highest BCUT2D eigenvalue weighted by Gasteiger charge is 2.52. The fourth-order valence-electron chi connectivity index (χ4n) is 6.57. The molecule has 2 fully saturated rings. The molecule has 168 valence electrons. The first-order chi connectivity index (χ1) is 15.5. The highest BCUT2D eigenvalue weighted by Crippen LogP contribution is 2.53. The molecule has 1 heterocycles. The van der Waals surface area contributed by atoms with E-state index in [4.69, 9.17) is 4.74 Å². The third-order valence-electron chi connectivity index (χ3n) is 8.18. The average molecular weight is 431 g/mol. The van der Waals surface area contributed by atoms with Crippen molar-refractivity contribution in [3.63, 3.8) is 0 Å². The zero-order valence-corrected chi connectivity index (χ0v) is 19.4. The number of nitrogens with one attached hydrogen (secondary N) is 1. The van der Waals surface area contributed by atoms with E-state index in [0.29, 0.717) is 5.92 Å². The van der Waals surface area contributed by atoms with Gasteiger partial charge in [0.1, 0.15) is 25.1 Å². The first kappa shape index (κ1) is 21.5. The molecule has 3 nitrogen and oxygen atoms in total. The Balaban J connectivity index is 1.40. The van der Waals surface area contributed by atoms with Gasteiger partial charge in [-0.2, -0.15) is 0 Å². The van der Waals surface area contributed by atoms with Crippen molar-refractivity contribution in [1.82, 2.24) is 0 Å². The second-order valence-electron chi connectivity index (χ2n) is 10.6. The van der Waals surface area contributed by atoms with Gasteiger partial charge < -0.3 is 9.64 Å². The van der Waals surface area contributed by atoms with Crippen molar-refractivity contribution in [2.24, 2.45) is 23.2 Å². The Kier molecular flexibility index (Phi) is 5.94. The summed E-state index contributed by atoms with van der Waals surface area (Å²) in [6.07, 6.45) is 7.34. The monoisotopic (exact) mass is 430 g/mol. The lowest BCUT2D eigenvalue weighted by Gasteiger charge is -2.46. The predicted octanol–water partition coefficient (Wildman–Crippen LogP) is 4.59. The van der Waals surface area contributed by atoms with Gasteiger partial charge in [0.15, 0.2) is 0 Å². The molecule has 0 amide bonds. The van der Waals surface area contributed by atoms with Crippen LogP contribution in [0, 0.1) is 23.2 Å². The van der Waals surface area contributed by atoms with E-state index in [1.165, 1.54) is 35.3 Å². The van der Waals surface area contributed by atoms with Gasteiger partial charge in [0, 0.05) is 17.0 Å². The quantitative estimate of drug-likeness (QED) is 0.537. The van der Waals surface area contributed by atoms with Crippen molar-refractivity contribution in [1.29, 1.82) is 0 Å². The Morgan fingerprint density at radius 1 is 1.00 bits per heavy atom. The predicted molar refractivity (Wildman–Crippen MR) is 127 cm³/mol. The summed E-state index contributed by atoms with van der Waals surface area (Å²) in [5.74, 6) is 0.829. The number of carbonyl (C=O) groups is 1. The molecule has 1 aliphatic heterocycles. The van der Waals surface area contributed by atoms with Crippen LogP contribution in [0.4, 0.5) is 0 Å². The summed E-state index contributed by atoms with van der Waals surface area (Å²) >= 11 is 0. The Morgan fingerprint density at radius 2 is 1.62 bits per heavy atom. The van der Waals surface area contributed by atoms with E-state index >= 15 is 0 Å². The number of ether oxygens (including phenoxy) is 1. The third kappa shape index (κ3) is 4.28. The zero-order chi connectivity index (χ0) is 22.1. The van der Waals surface area contributed by atoms with Crippen LogP contribution in [0.3, 0.4) is 0 Å². The van der Waals surface area contributed by atoms with Gasteiger partial charge in [0.05, 0.1) is 6.54 Å². The molecule has 1 saturated carbocycles. The number of hydrogen-bond acceptors (Lipinski definition) is 2. The average Bonchev–Trinajstić information content (AvgIpc) is 3.07. The van der Waals surface area contributed by atoms with E-state index in [1.807, 2.05) is 0 Å². The number of esters is 1. The summed E-state index contributed by atoms with van der Waals surface area (Å²) in [6, 6.07) is 21.3. The van der Waals surface area contributed by atoms with Crippen molar-refractivity contribution >= 4 is 5.97 Å². The van der Waals surface area contributed by atoms with Crippen LogP contribution in [0.5, 0.6) is 0 Å². The fourth-order valence-corrected chi connectivity index (χ4v) is 6.57. The molecule has 1 N–H and O–H groups in total. The maximum Gasteiger partial charge on any atom is 0.315 e. The van der Waals surface area contributed by atoms with Crippen LogP contribution in [0.15, 0.2) is 72.3 Å². The van der Waals surface area contributed by atoms with Gasteiger partial charge in [-0.25, -0.2) is 0 Å². The maximum absolute atomic E-state index is 13.1. The molecule has 3 aliphatic rings. The second-order valence-corrected chi connectivity index (χ2v) is 10.6. The third-order valence-corrected chi connectivity index (χ3v) is 8.18. The molecule has 0 spiro atoms. The molecule has 0 radical (unpaired) electrons. The minimum atomic E-state index is -0.0476. The molecule has 32 heavy (non-hydrogen) atoms. The molecule has 1 saturated heterocycles. The lowest BCUT2D eigenvalue weighted by atomic mass is 9.59. The second kappa shape index (κ2) is 8.86. The highest BCUT2D eigenvalue weighted by atomic mass is 16.6. The molecule has 0 aromatic heterocycles. The van der Waals surface area contributed by atoms with Crippen molar-refractivity contribution in [2.75, 3.05) is 6.54 Å². The summed E-state index contributed by atoms with van der Waals surface area (Å²) in [6.45, 7) is 7.43. The van der Waals surface area contributed by atoms with E-state index in [-0.39, 0.29) is 29.3 Å². The summed E-state index contributed by atoms with van der Waals surface area (Å²) < 4.78 is 6.03. The van der Waals surface area contributed by atoms with Crippen LogP contribution >= 0.6 is 0 Å². The largest absolute Gasteiger partial charge is 0.461 e. The number of rotatable bonds is 6. The molecule has 2 aliphatic carbocycles. The number of allylic oxidation sites excluding steroid dienone is 1. The Labute approximate surface area is 192 Å². The standard InChI is InChI=1S/C29H35NO2/c1-21-10-9-15-29(2)17-27-24(16-26(21)29)25(28(31)32-27)20-30(18-22-11-5-3-6-12-22)19-23-13-7-4-8-14-23/h3-8,11-14,16,21,24-25,27H,9-10,15,17-20H2,1-2H3/p+1/t21-,24+,25+,27+,29+/m0/s1. The normalized spacial score (nSPS) is 31.6. The molecule has 2 aromatic carbocycles. The number of hydrogen-bond donors (Lipinski definition) is 1. The number of fused-ring (bicyclic) bond motifs is 2. The van der Waals surface area contributed by atoms with E-state index in [1.54, 1.807) is 5.57 Å². The van der Waals surface area contributed by atoms with Gasteiger partial charge in [-0.1, -0.05) is 92.6 Å².